The van der Waals surface area contributed by atoms with Gasteiger partial charge in [0.05, 0.1) is 16.9 Å². The van der Waals surface area contributed by atoms with E-state index >= 15 is 0 Å². The minimum atomic E-state index is -1.11. The first-order chi connectivity index (χ1) is 11.8. The minimum Gasteiger partial charge on any atom is -0.361 e. The Labute approximate surface area is 154 Å². The van der Waals surface area contributed by atoms with Crippen molar-refractivity contribution in [3.05, 3.63) is 41.6 Å². The molecule has 3 aromatic heterocycles. The van der Waals surface area contributed by atoms with Crippen LogP contribution in [-0.2, 0) is 11.5 Å². The molecular formula is C18H23ClN4OSi. The number of ether oxygens (including phenoxy) is 1. The van der Waals surface area contributed by atoms with E-state index in [4.69, 9.17) is 16.3 Å². The Morgan fingerprint density at radius 3 is 2.72 bits per heavy atom. The number of aromatic nitrogens is 4. The smallest absolute Gasteiger partial charge is 0.131 e. The Bertz CT molecular complexity index is 888. The van der Waals surface area contributed by atoms with Crippen molar-refractivity contribution in [1.29, 1.82) is 0 Å². The fraction of sp³-hybridized carbons (Fsp3) is 0.389. The van der Waals surface area contributed by atoms with Gasteiger partial charge in [0.1, 0.15) is 17.7 Å². The summed E-state index contributed by atoms with van der Waals surface area (Å²) in [5.74, 6) is 0.741. The number of aryl methyl sites for hydroxylation is 1. The van der Waals surface area contributed by atoms with Crippen molar-refractivity contribution in [3.63, 3.8) is 0 Å². The first kappa shape index (κ1) is 18.0. The third kappa shape index (κ3) is 4.45. The Morgan fingerprint density at radius 2 is 2.00 bits per heavy atom. The summed E-state index contributed by atoms with van der Waals surface area (Å²) in [6.07, 6.45) is 3.56. The molecule has 5 nitrogen and oxygen atoms in total. The predicted octanol–water partition coefficient (Wildman–Crippen LogP) is 4.77. The molecular weight excluding hydrogens is 352 g/mol. The summed E-state index contributed by atoms with van der Waals surface area (Å²) >= 11 is 6.11. The summed E-state index contributed by atoms with van der Waals surface area (Å²) < 4.78 is 8.09. The maximum atomic E-state index is 6.11. The highest BCUT2D eigenvalue weighted by atomic mass is 35.5. The van der Waals surface area contributed by atoms with E-state index in [1.807, 2.05) is 19.1 Å². The zero-order valence-corrected chi connectivity index (χ0v) is 16.8. The maximum Gasteiger partial charge on any atom is 0.131 e. The van der Waals surface area contributed by atoms with Gasteiger partial charge < -0.3 is 9.30 Å². The van der Waals surface area contributed by atoms with Gasteiger partial charge in [-0.25, -0.2) is 15.0 Å². The molecule has 0 radical (unpaired) electrons. The standard InChI is InChI=1S/C18H23ClN4OSi/c1-13-20-6-5-15(22-13)17-9-14-11-21-18(19)10-16(14)23(17)12-24-7-8-25(2,3)4/h5-6,9-11H,7-8,12H2,1-4H3. The van der Waals surface area contributed by atoms with Crippen LogP contribution in [0.4, 0.5) is 0 Å². The quantitative estimate of drug-likeness (QED) is 0.354. The highest BCUT2D eigenvalue weighted by Crippen LogP contribution is 2.28. The van der Waals surface area contributed by atoms with Gasteiger partial charge in [-0.3, -0.25) is 0 Å². The van der Waals surface area contributed by atoms with E-state index in [0.29, 0.717) is 11.9 Å². The molecule has 0 N–H and O–H groups in total. The lowest BCUT2D eigenvalue weighted by molar-refractivity contribution is 0.0912. The van der Waals surface area contributed by atoms with Crippen molar-refractivity contribution in [1.82, 2.24) is 19.5 Å². The van der Waals surface area contributed by atoms with Crippen LogP contribution >= 0.6 is 11.6 Å². The molecule has 0 spiro atoms. The second-order valence-corrected chi connectivity index (χ2v) is 13.4. The molecule has 0 aromatic carbocycles. The van der Waals surface area contributed by atoms with Crippen molar-refractivity contribution in [2.45, 2.75) is 39.3 Å². The van der Waals surface area contributed by atoms with E-state index in [9.17, 15) is 0 Å². The van der Waals surface area contributed by atoms with E-state index in [1.54, 1.807) is 12.4 Å². The highest BCUT2D eigenvalue weighted by Gasteiger charge is 2.15. The number of pyridine rings is 1. The van der Waals surface area contributed by atoms with Gasteiger partial charge in [-0.05, 0) is 31.2 Å². The SMILES string of the molecule is Cc1nccc(-c2cc3cnc(Cl)cc3n2COCC[Si](C)(C)C)n1. The van der Waals surface area contributed by atoms with Crippen LogP contribution in [0.25, 0.3) is 22.3 Å². The molecule has 0 aliphatic carbocycles. The number of rotatable bonds is 6. The predicted molar refractivity (Wildman–Crippen MR) is 105 cm³/mol. The van der Waals surface area contributed by atoms with Gasteiger partial charge in [0.2, 0.25) is 0 Å². The molecule has 7 heteroatoms. The Hall–Kier alpha value is -1.76. The molecule has 3 aromatic rings. The van der Waals surface area contributed by atoms with E-state index in [2.05, 4.69) is 45.2 Å². The molecule has 0 aliphatic heterocycles. The molecule has 3 rings (SSSR count). The Kier molecular flexibility index (Phi) is 5.22. The summed E-state index contributed by atoms with van der Waals surface area (Å²) in [5, 5.41) is 1.49. The molecule has 0 fully saturated rings. The average molecular weight is 375 g/mol. The fourth-order valence-electron chi connectivity index (χ4n) is 2.62. The van der Waals surface area contributed by atoms with Crippen LogP contribution in [-0.4, -0.2) is 34.2 Å². The lowest BCUT2D eigenvalue weighted by atomic mass is 10.2. The fourth-order valence-corrected chi connectivity index (χ4v) is 3.52. The molecule has 0 saturated carbocycles. The molecule has 0 saturated heterocycles. The summed E-state index contributed by atoms with van der Waals surface area (Å²) in [6, 6.07) is 6.99. The first-order valence-electron chi connectivity index (χ1n) is 8.36. The summed E-state index contributed by atoms with van der Waals surface area (Å²) in [4.78, 5) is 12.9. The van der Waals surface area contributed by atoms with Crippen LogP contribution in [0, 0.1) is 6.92 Å². The van der Waals surface area contributed by atoms with Crippen LogP contribution in [0.1, 0.15) is 5.82 Å². The van der Waals surface area contributed by atoms with Crippen molar-refractivity contribution < 1.29 is 4.74 Å². The van der Waals surface area contributed by atoms with E-state index < -0.39 is 8.07 Å². The van der Waals surface area contributed by atoms with Crippen molar-refractivity contribution in [3.8, 4) is 11.4 Å². The van der Waals surface area contributed by atoms with Crippen LogP contribution < -0.4 is 0 Å². The Morgan fingerprint density at radius 1 is 1.20 bits per heavy atom. The minimum absolute atomic E-state index is 0.465. The highest BCUT2D eigenvalue weighted by molar-refractivity contribution is 6.76. The van der Waals surface area contributed by atoms with Crippen molar-refractivity contribution >= 4 is 30.6 Å². The number of hydrogen-bond acceptors (Lipinski definition) is 4. The number of hydrogen-bond donors (Lipinski definition) is 0. The first-order valence-corrected chi connectivity index (χ1v) is 12.4. The Balaban J connectivity index is 1.95. The molecule has 25 heavy (non-hydrogen) atoms. The molecule has 0 amide bonds. The monoisotopic (exact) mass is 374 g/mol. The van der Waals surface area contributed by atoms with E-state index in [1.165, 1.54) is 0 Å². The van der Waals surface area contributed by atoms with Gasteiger partial charge in [-0.2, -0.15) is 0 Å². The third-order valence-electron chi connectivity index (χ3n) is 4.01. The average Bonchev–Trinajstić information content (AvgIpc) is 2.88. The van der Waals surface area contributed by atoms with E-state index in [0.717, 1.165) is 40.8 Å². The van der Waals surface area contributed by atoms with Gasteiger partial charge in [-0.1, -0.05) is 31.2 Å². The van der Waals surface area contributed by atoms with Crippen LogP contribution in [0.3, 0.4) is 0 Å². The van der Waals surface area contributed by atoms with Crippen molar-refractivity contribution in [2.24, 2.45) is 0 Å². The lowest BCUT2D eigenvalue weighted by Gasteiger charge is -2.17. The maximum absolute atomic E-state index is 6.11. The number of halogens is 1. The van der Waals surface area contributed by atoms with Gasteiger partial charge in [-0.15, -0.1) is 0 Å². The zero-order valence-electron chi connectivity index (χ0n) is 15.1. The van der Waals surface area contributed by atoms with Gasteiger partial charge in [0.15, 0.2) is 0 Å². The topological polar surface area (TPSA) is 52.8 Å². The molecule has 0 atom stereocenters. The van der Waals surface area contributed by atoms with E-state index in [-0.39, 0.29) is 0 Å². The van der Waals surface area contributed by atoms with Gasteiger partial charge in [0.25, 0.3) is 0 Å². The number of nitrogens with zero attached hydrogens (tertiary/aromatic N) is 4. The summed E-state index contributed by atoms with van der Waals surface area (Å²) in [6.45, 7) is 10.2. The molecule has 0 bridgehead atoms. The summed E-state index contributed by atoms with van der Waals surface area (Å²) in [5.41, 5.74) is 2.85. The second kappa shape index (κ2) is 7.23. The van der Waals surface area contributed by atoms with Gasteiger partial charge >= 0.3 is 0 Å². The summed E-state index contributed by atoms with van der Waals surface area (Å²) in [7, 11) is -1.11. The lowest BCUT2D eigenvalue weighted by Crippen LogP contribution is -2.22. The zero-order chi connectivity index (χ0) is 18.0. The van der Waals surface area contributed by atoms with Crippen LogP contribution in [0.15, 0.2) is 30.6 Å². The molecule has 0 unspecified atom stereocenters. The molecule has 0 aliphatic rings. The van der Waals surface area contributed by atoms with Crippen LogP contribution in [0.2, 0.25) is 30.8 Å². The van der Waals surface area contributed by atoms with Gasteiger partial charge in [0, 0.05) is 32.5 Å². The largest absolute Gasteiger partial charge is 0.361 e. The second-order valence-electron chi connectivity index (χ2n) is 7.36. The van der Waals surface area contributed by atoms with Crippen molar-refractivity contribution in [2.75, 3.05) is 6.61 Å². The third-order valence-corrected chi connectivity index (χ3v) is 5.92. The number of fused-ring (bicyclic) bond motifs is 1. The van der Waals surface area contributed by atoms with Crippen LogP contribution in [0.5, 0.6) is 0 Å². The molecule has 132 valence electrons. The molecule has 3 heterocycles. The normalized spacial score (nSPS) is 12.0.